The van der Waals surface area contributed by atoms with Crippen LogP contribution >= 0.6 is 0 Å². The zero-order chi connectivity index (χ0) is 30.3. The summed E-state index contributed by atoms with van der Waals surface area (Å²) in [6, 6.07) is 26.5. The fourth-order valence-corrected chi connectivity index (χ4v) is 5.31. The largest absolute Gasteiger partial charge is 0.454 e. The maximum atomic E-state index is 13.4. The van der Waals surface area contributed by atoms with E-state index in [-0.39, 0.29) is 6.61 Å². The minimum absolute atomic E-state index is 0.0133. The van der Waals surface area contributed by atoms with Crippen molar-refractivity contribution >= 4 is 16.9 Å². The van der Waals surface area contributed by atoms with Gasteiger partial charge in [0.2, 0.25) is 0 Å². The lowest BCUT2D eigenvalue weighted by Gasteiger charge is -2.09. The molecule has 0 bridgehead atoms. The molecule has 0 N–H and O–H groups in total. The lowest BCUT2D eigenvalue weighted by Crippen LogP contribution is -2.13. The van der Waals surface area contributed by atoms with Crippen molar-refractivity contribution < 1.29 is 9.53 Å². The van der Waals surface area contributed by atoms with Gasteiger partial charge in [-0.25, -0.2) is 14.2 Å². The first kappa shape index (κ1) is 29.0. The summed E-state index contributed by atoms with van der Waals surface area (Å²) < 4.78 is 11.1. The standard InChI is InChI=1S/C35H37N7O2/c1-3-5-9-26-13-17-31(18-14-26)41-23-29(36-38-41)22-40-33-12-8-7-11-28(33)21-34(40)35(43)44-25-30-24-42(39-37-30)32-19-15-27(16-20-32)10-6-4-2/h7-8,11-21,23-24H,3-6,9-10,22,25H2,1-2H3. The van der Waals surface area contributed by atoms with Crippen molar-refractivity contribution in [1.29, 1.82) is 0 Å². The zero-order valence-electron chi connectivity index (χ0n) is 25.3. The van der Waals surface area contributed by atoms with E-state index in [1.165, 1.54) is 36.8 Å². The van der Waals surface area contributed by atoms with Crippen LogP contribution in [0.2, 0.25) is 0 Å². The van der Waals surface area contributed by atoms with Crippen LogP contribution in [-0.4, -0.2) is 40.5 Å². The van der Waals surface area contributed by atoms with Crippen LogP contribution in [0.15, 0.2) is 91.3 Å². The normalized spacial score (nSPS) is 11.3. The summed E-state index contributed by atoms with van der Waals surface area (Å²) in [7, 11) is 0. The highest BCUT2D eigenvalue weighted by molar-refractivity contribution is 5.95. The molecule has 44 heavy (non-hydrogen) atoms. The Morgan fingerprint density at radius 2 is 1.30 bits per heavy atom. The summed E-state index contributed by atoms with van der Waals surface area (Å²) in [4.78, 5) is 13.4. The molecule has 3 heterocycles. The van der Waals surface area contributed by atoms with Crippen LogP contribution in [0.25, 0.3) is 22.3 Å². The molecule has 0 saturated carbocycles. The van der Waals surface area contributed by atoms with Gasteiger partial charge < -0.3 is 9.30 Å². The van der Waals surface area contributed by atoms with Crippen LogP contribution in [0.5, 0.6) is 0 Å². The summed E-state index contributed by atoms with van der Waals surface area (Å²) in [5.41, 5.74) is 7.14. The van der Waals surface area contributed by atoms with E-state index in [9.17, 15) is 4.79 Å². The van der Waals surface area contributed by atoms with Crippen molar-refractivity contribution in [3.8, 4) is 11.4 Å². The minimum atomic E-state index is -0.439. The van der Waals surface area contributed by atoms with Crippen LogP contribution in [0.3, 0.4) is 0 Å². The molecule has 0 fully saturated rings. The van der Waals surface area contributed by atoms with E-state index in [1.54, 1.807) is 15.6 Å². The second kappa shape index (κ2) is 13.5. The Balaban J connectivity index is 1.15. The highest BCUT2D eigenvalue weighted by Gasteiger charge is 2.19. The number of fused-ring (bicyclic) bond motifs is 1. The topological polar surface area (TPSA) is 92.7 Å². The van der Waals surface area contributed by atoms with Crippen molar-refractivity contribution in [3.63, 3.8) is 0 Å². The molecule has 0 atom stereocenters. The van der Waals surface area contributed by atoms with Crippen LogP contribution in [0, 0.1) is 0 Å². The molecule has 0 saturated heterocycles. The molecule has 0 aliphatic heterocycles. The van der Waals surface area contributed by atoms with E-state index in [1.807, 2.05) is 53.2 Å². The number of aryl methyl sites for hydroxylation is 2. The molecule has 9 nitrogen and oxygen atoms in total. The molecule has 3 aromatic carbocycles. The molecule has 3 aromatic heterocycles. The maximum absolute atomic E-state index is 13.4. The van der Waals surface area contributed by atoms with Crippen molar-refractivity contribution in [2.45, 2.75) is 65.5 Å². The number of hydrogen-bond donors (Lipinski definition) is 0. The predicted molar refractivity (Wildman–Crippen MR) is 170 cm³/mol. The summed E-state index contributed by atoms with van der Waals surface area (Å²) in [6.45, 7) is 4.78. The molecule has 0 amide bonds. The van der Waals surface area contributed by atoms with Gasteiger partial charge in [-0.3, -0.25) is 0 Å². The number of aromatic nitrogens is 7. The molecular formula is C35H37N7O2. The molecular weight excluding hydrogens is 550 g/mol. The number of ether oxygens (including phenoxy) is 1. The van der Waals surface area contributed by atoms with Gasteiger partial charge in [-0.15, -0.1) is 10.2 Å². The first-order valence-electron chi connectivity index (χ1n) is 15.4. The lowest BCUT2D eigenvalue weighted by molar-refractivity contribution is 0.0456. The molecule has 0 unspecified atom stereocenters. The van der Waals surface area contributed by atoms with Gasteiger partial charge in [-0.2, -0.15) is 0 Å². The van der Waals surface area contributed by atoms with Crippen molar-refractivity contribution in [1.82, 2.24) is 34.6 Å². The van der Waals surface area contributed by atoms with Gasteiger partial charge in [-0.1, -0.05) is 79.6 Å². The molecule has 6 aromatic rings. The Hall–Kier alpha value is -5.05. The van der Waals surface area contributed by atoms with Crippen molar-refractivity contribution in [2.24, 2.45) is 0 Å². The quantitative estimate of drug-likeness (QED) is 0.137. The first-order valence-corrected chi connectivity index (χ1v) is 15.4. The molecule has 0 aliphatic rings. The third-order valence-corrected chi connectivity index (χ3v) is 7.81. The highest BCUT2D eigenvalue weighted by atomic mass is 16.5. The molecule has 0 aliphatic carbocycles. The summed E-state index contributed by atoms with van der Waals surface area (Å²) in [5, 5.41) is 18.2. The number of para-hydroxylation sites is 1. The number of rotatable bonds is 13. The average molecular weight is 588 g/mol. The summed E-state index contributed by atoms with van der Waals surface area (Å²) >= 11 is 0. The molecule has 0 radical (unpaired) electrons. The van der Waals surface area contributed by atoms with Crippen molar-refractivity contribution in [3.05, 3.63) is 119 Å². The zero-order valence-corrected chi connectivity index (χ0v) is 25.3. The lowest BCUT2D eigenvalue weighted by atomic mass is 10.1. The number of hydrogen-bond acceptors (Lipinski definition) is 6. The highest BCUT2D eigenvalue weighted by Crippen LogP contribution is 2.23. The van der Waals surface area contributed by atoms with Gasteiger partial charge in [-0.05, 0) is 73.2 Å². The van der Waals surface area contributed by atoms with E-state index in [0.717, 1.165) is 40.8 Å². The van der Waals surface area contributed by atoms with Gasteiger partial charge >= 0.3 is 5.97 Å². The predicted octanol–water partition coefficient (Wildman–Crippen LogP) is 6.89. The monoisotopic (exact) mass is 587 g/mol. The first-order chi connectivity index (χ1) is 21.6. The van der Waals surface area contributed by atoms with Gasteiger partial charge in [0.05, 0.1) is 30.3 Å². The van der Waals surface area contributed by atoms with Crippen molar-refractivity contribution in [2.75, 3.05) is 0 Å². The van der Waals surface area contributed by atoms with Crippen LogP contribution in [0.1, 0.15) is 72.5 Å². The number of esters is 1. The summed E-state index contributed by atoms with van der Waals surface area (Å²) in [6.07, 6.45) is 10.5. The number of benzene rings is 3. The van der Waals surface area contributed by atoms with E-state index in [2.05, 4.69) is 70.9 Å². The van der Waals surface area contributed by atoms with Crippen LogP contribution < -0.4 is 0 Å². The van der Waals surface area contributed by atoms with E-state index in [4.69, 9.17) is 4.74 Å². The van der Waals surface area contributed by atoms with E-state index < -0.39 is 5.97 Å². The fraction of sp³-hybridized carbons (Fsp3) is 0.286. The smallest absolute Gasteiger partial charge is 0.355 e. The molecule has 224 valence electrons. The Labute approximate surface area is 257 Å². The minimum Gasteiger partial charge on any atom is -0.454 e. The average Bonchev–Trinajstić information content (AvgIpc) is 3.82. The Bertz CT molecular complexity index is 1830. The third kappa shape index (κ3) is 6.62. The second-order valence-corrected chi connectivity index (χ2v) is 11.1. The summed E-state index contributed by atoms with van der Waals surface area (Å²) in [5.74, 6) is -0.439. The number of carbonyl (C=O) groups is 1. The van der Waals surface area contributed by atoms with Gasteiger partial charge in [0.25, 0.3) is 0 Å². The molecule has 0 spiro atoms. The number of nitrogens with zero attached hydrogens (tertiary/aromatic N) is 7. The Morgan fingerprint density at radius 3 is 1.91 bits per heavy atom. The molecule has 6 rings (SSSR count). The number of unbranched alkanes of at least 4 members (excludes halogenated alkanes) is 2. The molecule has 9 heteroatoms. The Morgan fingerprint density at radius 1 is 0.727 bits per heavy atom. The maximum Gasteiger partial charge on any atom is 0.355 e. The van der Waals surface area contributed by atoms with Gasteiger partial charge in [0.1, 0.15) is 23.7 Å². The SMILES string of the molecule is CCCCc1ccc(-n2cc(COC(=O)c3cc4ccccc4n3Cc3cn(-c4ccc(CCCC)cc4)nn3)nn2)cc1. The van der Waals surface area contributed by atoms with Gasteiger partial charge in [0, 0.05) is 10.9 Å². The van der Waals surface area contributed by atoms with Crippen LogP contribution in [-0.2, 0) is 30.7 Å². The fourth-order valence-electron chi connectivity index (χ4n) is 5.31. The van der Waals surface area contributed by atoms with E-state index in [0.29, 0.717) is 17.9 Å². The Kier molecular flexibility index (Phi) is 8.91. The second-order valence-electron chi connectivity index (χ2n) is 11.1. The third-order valence-electron chi connectivity index (χ3n) is 7.81. The van der Waals surface area contributed by atoms with Gasteiger partial charge in [0.15, 0.2) is 0 Å². The number of carbonyl (C=O) groups excluding carboxylic acids is 1. The van der Waals surface area contributed by atoms with Crippen LogP contribution in [0.4, 0.5) is 0 Å². The van der Waals surface area contributed by atoms with E-state index >= 15 is 0 Å².